The van der Waals surface area contributed by atoms with Gasteiger partial charge in [-0.1, -0.05) is 0 Å². The zero-order valence-corrected chi connectivity index (χ0v) is 12.6. The second kappa shape index (κ2) is 5.49. The molecule has 2 atom stereocenters. The van der Waals surface area contributed by atoms with E-state index in [9.17, 15) is 9.90 Å². The lowest BCUT2D eigenvalue weighted by atomic mass is 9.91. The van der Waals surface area contributed by atoms with Crippen molar-refractivity contribution in [1.29, 1.82) is 0 Å². The number of rotatable bonds is 4. The average molecular weight is 309 g/mol. The topological polar surface area (TPSA) is 75.1 Å². The number of carboxylic acid groups (broad SMARTS) is 1. The molecule has 0 aliphatic heterocycles. The van der Waals surface area contributed by atoms with Gasteiger partial charge in [0.05, 0.1) is 11.7 Å². The molecule has 7 heteroatoms. The van der Waals surface area contributed by atoms with E-state index in [2.05, 4.69) is 15.3 Å². The number of aliphatic carboxylic acids is 1. The Morgan fingerprint density at radius 1 is 1.60 bits per heavy atom. The van der Waals surface area contributed by atoms with Crippen LogP contribution < -0.4 is 5.32 Å². The number of nitrogens with zero attached hydrogens (tertiary/aromatic N) is 2. The monoisotopic (exact) mass is 309 g/mol. The summed E-state index contributed by atoms with van der Waals surface area (Å²) < 4.78 is 0. The quantitative estimate of drug-likeness (QED) is 0.906. The Balaban J connectivity index is 1.81. The zero-order chi connectivity index (χ0) is 14.1. The molecule has 0 radical (unpaired) electrons. The molecule has 0 aromatic carbocycles. The van der Waals surface area contributed by atoms with E-state index in [0.717, 1.165) is 33.6 Å². The van der Waals surface area contributed by atoms with Crippen LogP contribution in [0.3, 0.4) is 0 Å². The molecule has 3 rings (SSSR count). The Labute approximate surface area is 124 Å². The minimum Gasteiger partial charge on any atom is -0.481 e. The van der Waals surface area contributed by atoms with Crippen LogP contribution in [0.4, 0.5) is 5.13 Å². The summed E-state index contributed by atoms with van der Waals surface area (Å²) >= 11 is 3.17. The van der Waals surface area contributed by atoms with Crippen LogP contribution in [0, 0.1) is 0 Å². The number of anilines is 1. The van der Waals surface area contributed by atoms with Crippen molar-refractivity contribution in [3.05, 3.63) is 27.2 Å². The van der Waals surface area contributed by atoms with E-state index in [1.165, 1.54) is 0 Å². The molecule has 0 saturated carbocycles. The van der Waals surface area contributed by atoms with Gasteiger partial charge < -0.3 is 10.4 Å². The van der Waals surface area contributed by atoms with Crippen LogP contribution in [0.1, 0.15) is 47.3 Å². The summed E-state index contributed by atoms with van der Waals surface area (Å²) in [6, 6.07) is 0.0888. The average Bonchev–Trinajstić information content (AvgIpc) is 3.06. The van der Waals surface area contributed by atoms with Gasteiger partial charge in [0.2, 0.25) is 0 Å². The number of hydrogen-bond acceptors (Lipinski definition) is 6. The van der Waals surface area contributed by atoms with Crippen molar-refractivity contribution < 1.29 is 9.90 Å². The summed E-state index contributed by atoms with van der Waals surface area (Å²) in [7, 11) is 0. The van der Waals surface area contributed by atoms with Gasteiger partial charge in [-0.05, 0) is 26.2 Å². The smallest absolute Gasteiger partial charge is 0.312 e. The number of fused-ring (bicyclic) bond motifs is 1. The van der Waals surface area contributed by atoms with Crippen LogP contribution in [-0.4, -0.2) is 21.0 Å². The normalized spacial score (nSPS) is 19.4. The Hall–Kier alpha value is -1.47. The van der Waals surface area contributed by atoms with Gasteiger partial charge in [-0.25, -0.2) is 9.97 Å². The standard InChI is InChI=1S/C13H15N3O2S2/c1-7(11-14-5-6-19-11)15-13-16-10-8(12(17)18)3-2-4-9(10)20-13/h5-8H,2-4H2,1H3,(H,15,16)(H,17,18). The predicted molar refractivity (Wildman–Crippen MR) is 79.6 cm³/mol. The maximum absolute atomic E-state index is 11.3. The molecule has 106 valence electrons. The third-order valence-corrected chi connectivity index (χ3v) is 5.43. The number of hydrogen-bond donors (Lipinski definition) is 2. The highest BCUT2D eigenvalue weighted by Gasteiger charge is 2.30. The summed E-state index contributed by atoms with van der Waals surface area (Å²) in [6.07, 6.45) is 4.33. The molecule has 1 aliphatic carbocycles. The van der Waals surface area contributed by atoms with Crippen molar-refractivity contribution >= 4 is 33.8 Å². The summed E-state index contributed by atoms with van der Waals surface area (Å²) in [4.78, 5) is 21.2. The first-order valence-electron chi connectivity index (χ1n) is 6.53. The highest BCUT2D eigenvalue weighted by atomic mass is 32.1. The zero-order valence-electron chi connectivity index (χ0n) is 11.0. The molecule has 2 N–H and O–H groups in total. The predicted octanol–water partition coefficient (Wildman–Crippen LogP) is 3.28. The number of carbonyl (C=O) groups is 1. The molecule has 0 amide bonds. The fourth-order valence-corrected chi connectivity index (χ4v) is 4.21. The summed E-state index contributed by atoms with van der Waals surface area (Å²) in [5, 5.41) is 16.3. The van der Waals surface area contributed by atoms with Crippen molar-refractivity contribution in [3.8, 4) is 0 Å². The van der Waals surface area contributed by atoms with E-state index < -0.39 is 11.9 Å². The summed E-state index contributed by atoms with van der Waals surface area (Å²) in [5.74, 6) is -1.21. The molecule has 2 aromatic rings. The second-order valence-corrected chi connectivity index (χ2v) is 6.86. The van der Waals surface area contributed by atoms with Crippen molar-refractivity contribution in [2.45, 2.75) is 38.1 Å². The minimum absolute atomic E-state index is 0.0888. The van der Waals surface area contributed by atoms with Crippen molar-refractivity contribution in [1.82, 2.24) is 9.97 Å². The minimum atomic E-state index is -0.768. The molecule has 0 fully saturated rings. The van der Waals surface area contributed by atoms with Gasteiger partial charge >= 0.3 is 5.97 Å². The number of nitrogens with one attached hydrogen (secondary N) is 1. The van der Waals surface area contributed by atoms with Crippen LogP contribution >= 0.6 is 22.7 Å². The maximum Gasteiger partial charge on any atom is 0.312 e. The highest BCUT2D eigenvalue weighted by Crippen LogP contribution is 2.37. The van der Waals surface area contributed by atoms with E-state index in [1.54, 1.807) is 28.9 Å². The Bertz CT molecular complexity index is 609. The first kappa shape index (κ1) is 13.5. The Morgan fingerprint density at radius 2 is 2.45 bits per heavy atom. The van der Waals surface area contributed by atoms with Gasteiger partial charge in [0.1, 0.15) is 10.9 Å². The third kappa shape index (κ3) is 2.55. The van der Waals surface area contributed by atoms with E-state index in [4.69, 9.17) is 0 Å². The molecular formula is C13H15N3O2S2. The molecule has 2 unspecified atom stereocenters. The van der Waals surface area contributed by atoms with E-state index in [0.29, 0.717) is 6.42 Å². The van der Waals surface area contributed by atoms with Gasteiger partial charge in [0.15, 0.2) is 5.13 Å². The first-order chi connectivity index (χ1) is 9.65. The lowest BCUT2D eigenvalue weighted by Crippen LogP contribution is -2.17. The number of aromatic nitrogens is 2. The Kier molecular flexibility index (Phi) is 3.71. The molecule has 20 heavy (non-hydrogen) atoms. The maximum atomic E-state index is 11.3. The van der Waals surface area contributed by atoms with Crippen molar-refractivity contribution in [2.75, 3.05) is 5.32 Å². The number of carboxylic acids is 1. The van der Waals surface area contributed by atoms with E-state index in [-0.39, 0.29) is 6.04 Å². The Morgan fingerprint density at radius 3 is 3.15 bits per heavy atom. The summed E-state index contributed by atoms with van der Waals surface area (Å²) in [6.45, 7) is 2.04. The van der Waals surface area contributed by atoms with Crippen LogP contribution in [0.5, 0.6) is 0 Å². The van der Waals surface area contributed by atoms with E-state index in [1.807, 2.05) is 12.3 Å². The molecule has 2 heterocycles. The molecule has 0 bridgehead atoms. The molecule has 2 aromatic heterocycles. The molecule has 0 saturated heterocycles. The molecule has 5 nitrogen and oxygen atoms in total. The van der Waals surface area contributed by atoms with Crippen LogP contribution in [0.25, 0.3) is 0 Å². The largest absolute Gasteiger partial charge is 0.481 e. The first-order valence-corrected chi connectivity index (χ1v) is 8.23. The molecule has 1 aliphatic rings. The van der Waals surface area contributed by atoms with Crippen LogP contribution in [-0.2, 0) is 11.2 Å². The number of aryl methyl sites for hydroxylation is 1. The van der Waals surface area contributed by atoms with Crippen molar-refractivity contribution in [3.63, 3.8) is 0 Å². The van der Waals surface area contributed by atoms with Gasteiger partial charge in [-0.15, -0.1) is 22.7 Å². The van der Waals surface area contributed by atoms with E-state index >= 15 is 0 Å². The SMILES string of the molecule is CC(Nc1nc2c(s1)CCCC2C(=O)O)c1nccs1. The fraction of sp³-hybridized carbons (Fsp3) is 0.462. The van der Waals surface area contributed by atoms with Gasteiger partial charge in [0, 0.05) is 16.5 Å². The van der Waals surface area contributed by atoms with Crippen LogP contribution in [0.15, 0.2) is 11.6 Å². The fourth-order valence-electron chi connectivity index (χ4n) is 2.42. The van der Waals surface area contributed by atoms with Gasteiger partial charge in [-0.2, -0.15) is 0 Å². The highest BCUT2D eigenvalue weighted by molar-refractivity contribution is 7.15. The third-order valence-electron chi connectivity index (χ3n) is 3.41. The van der Waals surface area contributed by atoms with Gasteiger partial charge in [0.25, 0.3) is 0 Å². The lowest BCUT2D eigenvalue weighted by molar-refractivity contribution is -0.139. The second-order valence-electron chi connectivity index (χ2n) is 4.85. The molecule has 0 spiro atoms. The van der Waals surface area contributed by atoms with Crippen LogP contribution in [0.2, 0.25) is 0 Å². The van der Waals surface area contributed by atoms with Crippen molar-refractivity contribution in [2.24, 2.45) is 0 Å². The van der Waals surface area contributed by atoms with Gasteiger partial charge in [-0.3, -0.25) is 4.79 Å². The number of thiazole rings is 2. The molecular weight excluding hydrogens is 294 g/mol. The lowest BCUT2D eigenvalue weighted by Gasteiger charge is -2.16. The summed E-state index contributed by atoms with van der Waals surface area (Å²) in [5.41, 5.74) is 0.752.